The molecule has 36 heavy (non-hydrogen) atoms. The van der Waals surface area contributed by atoms with Crippen LogP contribution in [0.4, 0.5) is 5.69 Å². The van der Waals surface area contributed by atoms with E-state index in [1.165, 1.54) is 0 Å². The van der Waals surface area contributed by atoms with Crippen molar-refractivity contribution in [1.29, 1.82) is 0 Å². The summed E-state index contributed by atoms with van der Waals surface area (Å²) >= 11 is 6.40. The first kappa shape index (κ1) is 24.0. The second-order valence-electron chi connectivity index (χ2n) is 9.49. The van der Waals surface area contributed by atoms with Crippen molar-refractivity contribution in [2.75, 3.05) is 12.4 Å². The van der Waals surface area contributed by atoms with Crippen LogP contribution in [-0.4, -0.2) is 18.1 Å². The number of hydrogen-bond acceptors (Lipinski definition) is 3. The molecule has 2 N–H and O–H groups in total. The summed E-state index contributed by atoms with van der Waals surface area (Å²) in [6.45, 7) is 3.73. The predicted molar refractivity (Wildman–Crippen MR) is 144 cm³/mol. The summed E-state index contributed by atoms with van der Waals surface area (Å²) < 4.78 is 5.45. The molecular formula is C31H28ClNO3. The molecule has 0 radical (unpaired) electrons. The Kier molecular flexibility index (Phi) is 6.23. The molecule has 0 saturated heterocycles. The van der Waals surface area contributed by atoms with Gasteiger partial charge in [-0.05, 0) is 89.9 Å². The summed E-state index contributed by atoms with van der Waals surface area (Å²) in [6.07, 6.45) is 1.12. The zero-order valence-corrected chi connectivity index (χ0v) is 21.3. The van der Waals surface area contributed by atoms with Crippen molar-refractivity contribution in [3.8, 4) is 11.5 Å². The molecule has 4 aromatic carbocycles. The lowest BCUT2D eigenvalue weighted by Crippen LogP contribution is -2.38. The van der Waals surface area contributed by atoms with Gasteiger partial charge in [0.25, 0.3) is 0 Å². The van der Waals surface area contributed by atoms with Gasteiger partial charge in [0.2, 0.25) is 5.91 Å². The fourth-order valence-electron chi connectivity index (χ4n) is 5.24. The Hall–Kier alpha value is -3.76. The molecule has 0 aliphatic carbocycles. The van der Waals surface area contributed by atoms with Gasteiger partial charge in [-0.15, -0.1) is 0 Å². The molecular weight excluding hydrogens is 470 g/mol. The number of aryl methyl sites for hydroxylation is 2. The summed E-state index contributed by atoms with van der Waals surface area (Å²) in [5, 5.41) is 14.3. The standard InChI is InChI=1S/C31H28ClNO3/c1-19-13-24(14-20(2)29(19)34)31(18-22-7-6-9-25(16-22)36-3)26-12-11-21(17-28(26)33-30(31)35)15-23-8-4-5-10-27(23)32/h4-14,16-17,34H,15,18H2,1-3H3,(H,33,35). The maximum Gasteiger partial charge on any atom is 0.239 e. The molecule has 5 rings (SSSR count). The zero-order chi connectivity index (χ0) is 25.4. The molecule has 0 bridgehead atoms. The van der Waals surface area contributed by atoms with Gasteiger partial charge in [0, 0.05) is 10.7 Å². The number of fused-ring (bicyclic) bond motifs is 1. The maximum absolute atomic E-state index is 13.9. The fourth-order valence-corrected chi connectivity index (χ4v) is 5.45. The lowest BCUT2D eigenvalue weighted by atomic mass is 9.70. The second kappa shape index (κ2) is 9.36. The molecule has 4 aromatic rings. The van der Waals surface area contributed by atoms with Crippen LogP contribution in [0.2, 0.25) is 5.02 Å². The highest BCUT2D eigenvalue weighted by Gasteiger charge is 2.48. The number of ether oxygens (including phenoxy) is 1. The van der Waals surface area contributed by atoms with Crippen molar-refractivity contribution in [2.45, 2.75) is 32.1 Å². The number of aromatic hydroxyl groups is 1. The van der Waals surface area contributed by atoms with Crippen molar-refractivity contribution in [3.63, 3.8) is 0 Å². The van der Waals surface area contributed by atoms with E-state index >= 15 is 0 Å². The highest BCUT2D eigenvalue weighted by molar-refractivity contribution is 6.31. The lowest BCUT2D eigenvalue weighted by Gasteiger charge is -2.30. The summed E-state index contributed by atoms with van der Waals surface area (Å²) in [5.74, 6) is 0.915. The highest BCUT2D eigenvalue weighted by atomic mass is 35.5. The Labute approximate surface area is 216 Å². The van der Waals surface area contributed by atoms with Crippen LogP contribution in [0.1, 0.15) is 38.9 Å². The normalized spacial score (nSPS) is 16.5. The number of rotatable bonds is 6. The molecule has 5 heteroatoms. The Morgan fingerprint density at radius 1 is 0.917 bits per heavy atom. The molecule has 4 nitrogen and oxygen atoms in total. The number of methoxy groups -OCH3 is 1. The minimum absolute atomic E-state index is 0.0836. The summed E-state index contributed by atoms with van der Waals surface area (Å²) in [4.78, 5) is 13.9. The van der Waals surface area contributed by atoms with E-state index in [0.29, 0.717) is 12.8 Å². The van der Waals surface area contributed by atoms with Gasteiger partial charge in [-0.1, -0.05) is 66.2 Å². The van der Waals surface area contributed by atoms with Crippen molar-refractivity contribution in [3.05, 3.63) is 123 Å². The van der Waals surface area contributed by atoms with Crippen LogP contribution in [0.5, 0.6) is 11.5 Å². The Morgan fingerprint density at radius 2 is 1.67 bits per heavy atom. The average Bonchev–Trinajstić information content (AvgIpc) is 3.14. The molecule has 1 amide bonds. The third kappa shape index (κ3) is 4.12. The molecule has 0 spiro atoms. The molecule has 182 valence electrons. The number of halogens is 1. The number of phenolic OH excluding ortho intramolecular Hbond substituents is 1. The van der Waals surface area contributed by atoms with Gasteiger partial charge in [0.1, 0.15) is 16.9 Å². The number of amides is 1. The highest BCUT2D eigenvalue weighted by Crippen LogP contribution is 2.47. The minimum Gasteiger partial charge on any atom is -0.507 e. The molecule has 0 fully saturated rings. The van der Waals surface area contributed by atoms with Crippen molar-refractivity contribution >= 4 is 23.2 Å². The molecule has 1 unspecified atom stereocenters. The number of anilines is 1. The number of carbonyl (C=O) groups is 1. The first-order chi connectivity index (χ1) is 17.3. The van der Waals surface area contributed by atoms with Crippen LogP contribution in [-0.2, 0) is 23.1 Å². The first-order valence-corrected chi connectivity index (χ1v) is 12.3. The Balaban J connectivity index is 1.65. The topological polar surface area (TPSA) is 58.6 Å². The monoisotopic (exact) mass is 497 g/mol. The van der Waals surface area contributed by atoms with E-state index in [4.69, 9.17) is 16.3 Å². The van der Waals surface area contributed by atoms with Gasteiger partial charge in [-0.2, -0.15) is 0 Å². The van der Waals surface area contributed by atoms with E-state index < -0.39 is 5.41 Å². The largest absolute Gasteiger partial charge is 0.507 e. The van der Waals surface area contributed by atoms with Gasteiger partial charge in [0.15, 0.2) is 0 Å². The van der Waals surface area contributed by atoms with Crippen molar-refractivity contribution in [1.82, 2.24) is 0 Å². The third-order valence-electron chi connectivity index (χ3n) is 7.12. The van der Waals surface area contributed by atoms with E-state index in [2.05, 4.69) is 17.4 Å². The number of carbonyl (C=O) groups excluding carboxylic acids is 1. The van der Waals surface area contributed by atoms with Gasteiger partial charge in [-0.25, -0.2) is 0 Å². The number of benzene rings is 4. The van der Waals surface area contributed by atoms with E-state index in [1.54, 1.807) is 7.11 Å². The summed E-state index contributed by atoms with van der Waals surface area (Å²) in [5.41, 5.74) is 6.20. The maximum atomic E-state index is 13.9. The zero-order valence-electron chi connectivity index (χ0n) is 20.6. The molecule has 1 aliphatic rings. The smallest absolute Gasteiger partial charge is 0.239 e. The van der Waals surface area contributed by atoms with Crippen LogP contribution in [0.15, 0.2) is 78.9 Å². The van der Waals surface area contributed by atoms with Crippen molar-refractivity contribution < 1.29 is 14.6 Å². The first-order valence-electron chi connectivity index (χ1n) is 11.9. The van der Waals surface area contributed by atoms with Gasteiger partial charge < -0.3 is 15.2 Å². The molecule has 1 atom stereocenters. The van der Waals surface area contributed by atoms with E-state index in [9.17, 15) is 9.90 Å². The SMILES string of the molecule is COc1cccc(CC2(c3cc(C)c(O)c(C)c3)C(=O)Nc3cc(Cc4ccccc4Cl)ccc32)c1. The van der Waals surface area contributed by atoms with Crippen LogP contribution in [0, 0.1) is 13.8 Å². The molecule has 1 aliphatic heterocycles. The van der Waals surface area contributed by atoms with E-state index in [-0.39, 0.29) is 11.7 Å². The van der Waals surface area contributed by atoms with Crippen LogP contribution < -0.4 is 10.1 Å². The third-order valence-corrected chi connectivity index (χ3v) is 7.49. The Bertz CT molecular complexity index is 1460. The quantitative estimate of drug-likeness (QED) is 0.310. The van der Waals surface area contributed by atoms with Crippen LogP contribution >= 0.6 is 11.6 Å². The fraction of sp³-hybridized carbons (Fsp3) is 0.194. The number of hydrogen-bond donors (Lipinski definition) is 2. The minimum atomic E-state index is -0.951. The van der Waals surface area contributed by atoms with Gasteiger partial charge in [-0.3, -0.25) is 4.79 Å². The summed E-state index contributed by atoms with van der Waals surface area (Å²) in [6, 6.07) is 25.6. The molecule has 0 aromatic heterocycles. The molecule has 1 heterocycles. The van der Waals surface area contributed by atoms with E-state index in [0.717, 1.165) is 55.4 Å². The van der Waals surface area contributed by atoms with Gasteiger partial charge in [0.05, 0.1) is 7.11 Å². The second-order valence-corrected chi connectivity index (χ2v) is 9.90. The lowest BCUT2D eigenvalue weighted by molar-refractivity contribution is -0.119. The van der Waals surface area contributed by atoms with E-state index in [1.807, 2.05) is 80.6 Å². The van der Waals surface area contributed by atoms with Gasteiger partial charge >= 0.3 is 0 Å². The number of phenols is 1. The average molecular weight is 498 g/mol. The van der Waals surface area contributed by atoms with Crippen LogP contribution in [0.25, 0.3) is 0 Å². The Morgan fingerprint density at radius 3 is 2.39 bits per heavy atom. The van der Waals surface area contributed by atoms with Crippen molar-refractivity contribution in [2.24, 2.45) is 0 Å². The molecule has 0 saturated carbocycles. The predicted octanol–water partition coefficient (Wildman–Crippen LogP) is 6.74. The summed E-state index contributed by atoms with van der Waals surface area (Å²) in [7, 11) is 1.64. The number of nitrogens with one attached hydrogen (secondary N) is 1. The van der Waals surface area contributed by atoms with Crippen LogP contribution in [0.3, 0.4) is 0 Å².